The van der Waals surface area contributed by atoms with Crippen molar-refractivity contribution in [1.29, 1.82) is 0 Å². The molecule has 0 spiro atoms. The molecule has 28 heavy (non-hydrogen) atoms. The molecular formula is C21H26N2O4S. The van der Waals surface area contributed by atoms with Gasteiger partial charge in [-0.2, -0.15) is 0 Å². The lowest BCUT2D eigenvalue weighted by molar-refractivity contribution is 0.0919. The number of amides is 1. The number of nitrogens with one attached hydrogen (secondary N) is 1. The van der Waals surface area contributed by atoms with Gasteiger partial charge in [0, 0.05) is 19.1 Å². The highest BCUT2D eigenvalue weighted by atomic mass is 32.2. The lowest BCUT2D eigenvalue weighted by Gasteiger charge is -2.31. The summed E-state index contributed by atoms with van der Waals surface area (Å²) in [6.45, 7) is 2.91. The van der Waals surface area contributed by atoms with Crippen LogP contribution in [0.5, 0.6) is 5.75 Å². The summed E-state index contributed by atoms with van der Waals surface area (Å²) in [6, 6.07) is 16.9. The number of carbonyl (C=O) groups is 1. The molecule has 1 heterocycles. The molecule has 0 saturated carbocycles. The van der Waals surface area contributed by atoms with Gasteiger partial charge in [0.05, 0.1) is 11.3 Å². The molecule has 0 aromatic heterocycles. The fourth-order valence-corrected chi connectivity index (χ4v) is 4.37. The first-order chi connectivity index (χ1) is 13.5. The molecule has 6 nitrogen and oxygen atoms in total. The van der Waals surface area contributed by atoms with Crippen LogP contribution in [0.2, 0.25) is 0 Å². The van der Waals surface area contributed by atoms with Gasteiger partial charge in [-0.25, -0.2) is 12.7 Å². The molecule has 0 aliphatic carbocycles. The molecular weight excluding hydrogens is 376 g/mol. The summed E-state index contributed by atoms with van der Waals surface area (Å²) >= 11 is 0. The van der Waals surface area contributed by atoms with E-state index in [0.717, 1.165) is 5.56 Å². The first-order valence-electron chi connectivity index (χ1n) is 9.54. The number of benzene rings is 2. The van der Waals surface area contributed by atoms with Gasteiger partial charge in [0.1, 0.15) is 12.4 Å². The second kappa shape index (κ2) is 9.21. The van der Waals surface area contributed by atoms with Crippen LogP contribution in [0.1, 0.15) is 35.7 Å². The van der Waals surface area contributed by atoms with Gasteiger partial charge in [-0.3, -0.25) is 4.79 Å². The van der Waals surface area contributed by atoms with Crippen LogP contribution in [0.15, 0.2) is 54.6 Å². The second-order valence-corrected chi connectivity index (χ2v) is 9.08. The molecule has 150 valence electrons. The zero-order chi connectivity index (χ0) is 20.0. The summed E-state index contributed by atoms with van der Waals surface area (Å²) in [5, 5.41) is 3.02. The Morgan fingerprint density at radius 2 is 1.71 bits per heavy atom. The van der Waals surface area contributed by atoms with E-state index in [9.17, 15) is 13.2 Å². The Hall–Kier alpha value is -2.38. The Bertz CT molecular complexity index is 892. The average molecular weight is 403 g/mol. The van der Waals surface area contributed by atoms with Crippen LogP contribution in [-0.4, -0.2) is 43.5 Å². The summed E-state index contributed by atoms with van der Waals surface area (Å²) < 4.78 is 31.3. The topological polar surface area (TPSA) is 75.7 Å². The van der Waals surface area contributed by atoms with Crippen molar-refractivity contribution in [1.82, 2.24) is 9.62 Å². The number of ether oxygens (including phenoxy) is 1. The van der Waals surface area contributed by atoms with Crippen LogP contribution in [0.4, 0.5) is 0 Å². The van der Waals surface area contributed by atoms with Gasteiger partial charge in [0.25, 0.3) is 5.91 Å². The van der Waals surface area contributed by atoms with Crippen molar-refractivity contribution < 1.29 is 17.9 Å². The highest BCUT2D eigenvalue weighted by Crippen LogP contribution is 2.21. The summed E-state index contributed by atoms with van der Waals surface area (Å²) in [5.74, 6) is 0.450. The summed E-state index contributed by atoms with van der Waals surface area (Å²) in [5.41, 5.74) is 1.52. The van der Waals surface area contributed by atoms with Crippen molar-refractivity contribution in [3.8, 4) is 5.75 Å². The third-order valence-corrected chi connectivity index (χ3v) is 6.80. The second-order valence-electron chi connectivity index (χ2n) is 6.82. The lowest BCUT2D eigenvalue weighted by Crippen LogP contribution is -2.46. The highest BCUT2D eigenvalue weighted by Gasteiger charge is 2.28. The number of sulfonamides is 1. The van der Waals surface area contributed by atoms with E-state index >= 15 is 0 Å². The molecule has 0 unspecified atom stereocenters. The van der Waals surface area contributed by atoms with Gasteiger partial charge in [-0.1, -0.05) is 42.5 Å². The largest absolute Gasteiger partial charge is 0.488 e. The van der Waals surface area contributed by atoms with Crippen molar-refractivity contribution >= 4 is 15.9 Å². The van der Waals surface area contributed by atoms with Crippen LogP contribution >= 0.6 is 0 Å². The van der Waals surface area contributed by atoms with Crippen LogP contribution in [-0.2, 0) is 16.6 Å². The quantitative estimate of drug-likeness (QED) is 0.773. The van der Waals surface area contributed by atoms with Gasteiger partial charge in [-0.05, 0) is 37.5 Å². The first kappa shape index (κ1) is 20.4. The Balaban J connectivity index is 1.59. The maximum atomic E-state index is 12.8. The van der Waals surface area contributed by atoms with Crippen molar-refractivity contribution in [2.24, 2.45) is 0 Å². The van der Waals surface area contributed by atoms with Crippen molar-refractivity contribution in [2.45, 2.75) is 32.4 Å². The van der Waals surface area contributed by atoms with Crippen molar-refractivity contribution in [2.75, 3.05) is 18.8 Å². The molecule has 2 aromatic carbocycles. The van der Waals surface area contributed by atoms with Crippen molar-refractivity contribution in [3.63, 3.8) is 0 Å². The van der Waals surface area contributed by atoms with Crippen LogP contribution < -0.4 is 10.1 Å². The van der Waals surface area contributed by atoms with E-state index in [4.69, 9.17) is 4.74 Å². The summed E-state index contributed by atoms with van der Waals surface area (Å²) in [7, 11) is -3.17. The van der Waals surface area contributed by atoms with Gasteiger partial charge >= 0.3 is 0 Å². The van der Waals surface area contributed by atoms with E-state index in [1.54, 1.807) is 25.1 Å². The van der Waals surface area contributed by atoms with E-state index in [1.165, 1.54) is 4.31 Å². The third kappa shape index (κ3) is 5.11. The zero-order valence-electron chi connectivity index (χ0n) is 16.0. The van der Waals surface area contributed by atoms with E-state index < -0.39 is 10.0 Å². The minimum absolute atomic E-state index is 0.0435. The number of rotatable bonds is 7. The van der Waals surface area contributed by atoms with Crippen molar-refractivity contribution in [3.05, 3.63) is 65.7 Å². The Morgan fingerprint density at radius 3 is 2.39 bits per heavy atom. The number of carbonyl (C=O) groups excluding carboxylic acids is 1. The molecule has 1 N–H and O–H groups in total. The Morgan fingerprint density at radius 1 is 1.07 bits per heavy atom. The van der Waals surface area contributed by atoms with E-state index in [-0.39, 0.29) is 17.7 Å². The van der Waals surface area contributed by atoms with E-state index in [2.05, 4.69) is 5.32 Å². The smallest absolute Gasteiger partial charge is 0.255 e. The summed E-state index contributed by atoms with van der Waals surface area (Å²) in [6.07, 6.45) is 1.22. The highest BCUT2D eigenvalue weighted by molar-refractivity contribution is 7.89. The number of piperidine rings is 1. The predicted molar refractivity (Wildman–Crippen MR) is 109 cm³/mol. The number of nitrogens with zero attached hydrogens (tertiary/aromatic N) is 1. The number of hydrogen-bond acceptors (Lipinski definition) is 4. The van der Waals surface area contributed by atoms with E-state index in [1.807, 2.05) is 36.4 Å². The van der Waals surface area contributed by atoms with Gasteiger partial charge in [-0.15, -0.1) is 0 Å². The first-order valence-corrected chi connectivity index (χ1v) is 11.1. The normalized spacial score (nSPS) is 15.9. The molecule has 7 heteroatoms. The molecule has 1 fully saturated rings. The van der Waals surface area contributed by atoms with Crippen LogP contribution in [0, 0.1) is 0 Å². The van der Waals surface area contributed by atoms with E-state index in [0.29, 0.717) is 43.9 Å². The number of para-hydroxylation sites is 1. The predicted octanol–water partition coefficient (Wildman–Crippen LogP) is 2.81. The summed E-state index contributed by atoms with van der Waals surface area (Å²) in [4.78, 5) is 12.8. The van der Waals surface area contributed by atoms with Gasteiger partial charge < -0.3 is 10.1 Å². The zero-order valence-corrected chi connectivity index (χ0v) is 16.8. The van der Waals surface area contributed by atoms with Gasteiger partial charge in [0.15, 0.2) is 0 Å². The minimum Gasteiger partial charge on any atom is -0.488 e. The molecule has 0 bridgehead atoms. The van der Waals surface area contributed by atoms with Crippen LogP contribution in [0.25, 0.3) is 0 Å². The minimum atomic E-state index is -3.17. The average Bonchev–Trinajstić information content (AvgIpc) is 2.73. The monoisotopic (exact) mass is 402 g/mol. The SMILES string of the molecule is CCS(=O)(=O)N1CCC(NC(=O)c2ccccc2OCc2ccccc2)CC1. The van der Waals surface area contributed by atoms with Gasteiger partial charge in [0.2, 0.25) is 10.0 Å². The number of hydrogen-bond donors (Lipinski definition) is 1. The molecule has 2 aromatic rings. The third-order valence-electron chi connectivity index (χ3n) is 4.92. The molecule has 0 atom stereocenters. The fraction of sp³-hybridized carbons (Fsp3) is 0.381. The maximum absolute atomic E-state index is 12.8. The molecule has 1 saturated heterocycles. The molecule has 1 aliphatic rings. The lowest BCUT2D eigenvalue weighted by atomic mass is 10.1. The standard InChI is InChI=1S/C21H26N2O4S/c1-2-28(25,26)23-14-12-18(13-15-23)22-21(24)19-10-6-7-11-20(19)27-16-17-8-4-3-5-9-17/h3-11,18H,2,12-16H2,1H3,(H,22,24). The Kier molecular flexibility index (Phi) is 6.70. The fourth-order valence-electron chi connectivity index (χ4n) is 3.24. The maximum Gasteiger partial charge on any atom is 0.255 e. The molecule has 1 amide bonds. The molecule has 0 radical (unpaired) electrons. The molecule has 3 rings (SSSR count). The van der Waals surface area contributed by atoms with Crippen LogP contribution in [0.3, 0.4) is 0 Å². The molecule has 1 aliphatic heterocycles. The Labute approximate surface area is 166 Å².